The quantitative estimate of drug-likeness (QED) is 0.772. The summed E-state index contributed by atoms with van der Waals surface area (Å²) in [5.74, 6) is 3.98. The van der Waals surface area contributed by atoms with Crippen molar-refractivity contribution in [3.05, 3.63) is 59.7 Å². The second-order valence-electron chi connectivity index (χ2n) is 3.95. The Morgan fingerprint density at radius 3 is 2.58 bits per heavy atom. The third-order valence-electron chi connectivity index (χ3n) is 2.69. The molecule has 0 saturated heterocycles. The fourth-order valence-corrected chi connectivity index (χ4v) is 1.70. The summed E-state index contributed by atoms with van der Waals surface area (Å²) >= 11 is 0. The molecule has 1 atom stereocenters. The Hall–Kier alpha value is -2.28. The summed E-state index contributed by atoms with van der Waals surface area (Å²) in [6, 6.07) is 5.82. The zero-order valence-corrected chi connectivity index (χ0v) is 10.4. The highest BCUT2D eigenvalue weighted by atomic mass is 19.2. The van der Waals surface area contributed by atoms with Gasteiger partial charge in [0.1, 0.15) is 0 Å². The molecule has 4 heteroatoms. The fraction of sp³-hybridized carbons (Fsp3) is 0.200. The molecule has 1 heterocycles. The Balaban J connectivity index is 2.31. The van der Waals surface area contributed by atoms with E-state index in [2.05, 4.69) is 21.8 Å². The molecule has 0 fully saturated rings. The highest BCUT2D eigenvalue weighted by Crippen LogP contribution is 2.23. The minimum atomic E-state index is -0.853. The van der Waals surface area contributed by atoms with Crippen LogP contribution in [-0.4, -0.2) is 9.97 Å². The van der Waals surface area contributed by atoms with Crippen molar-refractivity contribution in [1.82, 2.24) is 9.97 Å². The number of aromatic nitrogens is 2. The molecule has 0 spiro atoms. The number of halogens is 2. The van der Waals surface area contributed by atoms with Crippen LogP contribution in [0.15, 0.2) is 36.7 Å². The highest BCUT2D eigenvalue weighted by molar-refractivity contribution is 5.32. The monoisotopic (exact) mass is 258 g/mol. The van der Waals surface area contributed by atoms with Crippen molar-refractivity contribution < 1.29 is 8.78 Å². The SMILES string of the molecule is CCC(C#Cc1ncccn1)c1cccc(F)c1F. The first-order chi connectivity index (χ1) is 9.22. The van der Waals surface area contributed by atoms with Crippen LogP contribution in [0.3, 0.4) is 0 Å². The first-order valence-electron chi connectivity index (χ1n) is 5.94. The molecule has 0 saturated carbocycles. The van der Waals surface area contributed by atoms with Gasteiger partial charge < -0.3 is 0 Å². The van der Waals surface area contributed by atoms with Crippen LogP contribution in [0.4, 0.5) is 8.78 Å². The molecule has 1 unspecified atom stereocenters. The molecule has 2 rings (SSSR count). The van der Waals surface area contributed by atoms with E-state index in [1.807, 2.05) is 6.92 Å². The predicted octanol–water partition coefficient (Wildman–Crippen LogP) is 3.30. The maximum atomic E-state index is 13.7. The van der Waals surface area contributed by atoms with Gasteiger partial charge in [-0.3, -0.25) is 0 Å². The molecule has 19 heavy (non-hydrogen) atoms. The van der Waals surface area contributed by atoms with Crippen molar-refractivity contribution >= 4 is 0 Å². The molecule has 1 aromatic heterocycles. The summed E-state index contributed by atoms with van der Waals surface area (Å²) in [5.41, 5.74) is 0.269. The highest BCUT2D eigenvalue weighted by Gasteiger charge is 2.14. The topological polar surface area (TPSA) is 25.8 Å². The van der Waals surface area contributed by atoms with Crippen LogP contribution in [-0.2, 0) is 0 Å². The lowest BCUT2D eigenvalue weighted by Crippen LogP contribution is -2.00. The van der Waals surface area contributed by atoms with E-state index in [0.717, 1.165) is 6.07 Å². The summed E-state index contributed by atoms with van der Waals surface area (Å²) in [6.45, 7) is 1.87. The molecule has 96 valence electrons. The summed E-state index contributed by atoms with van der Waals surface area (Å²) in [4.78, 5) is 7.93. The van der Waals surface area contributed by atoms with Crippen molar-refractivity contribution in [2.24, 2.45) is 0 Å². The van der Waals surface area contributed by atoms with E-state index < -0.39 is 11.6 Å². The molecule has 0 amide bonds. The average Bonchev–Trinajstić information content (AvgIpc) is 2.45. The maximum absolute atomic E-state index is 13.7. The minimum Gasteiger partial charge on any atom is -0.229 e. The molecular formula is C15H12F2N2. The molecule has 0 aliphatic heterocycles. The molecule has 1 aromatic carbocycles. The predicted molar refractivity (Wildman–Crippen MR) is 68.3 cm³/mol. The number of benzene rings is 1. The molecule has 0 bridgehead atoms. The number of nitrogens with zero attached hydrogens (tertiary/aromatic N) is 2. The van der Waals surface area contributed by atoms with Crippen LogP contribution >= 0.6 is 0 Å². The second kappa shape index (κ2) is 6.05. The van der Waals surface area contributed by atoms with Gasteiger partial charge in [-0.05, 0) is 24.5 Å². The van der Waals surface area contributed by atoms with Gasteiger partial charge in [0.25, 0.3) is 0 Å². The van der Waals surface area contributed by atoms with Gasteiger partial charge in [0, 0.05) is 23.9 Å². The van der Waals surface area contributed by atoms with Crippen molar-refractivity contribution in [2.45, 2.75) is 19.3 Å². The maximum Gasteiger partial charge on any atom is 0.204 e. The summed E-state index contributed by atoms with van der Waals surface area (Å²) in [6.07, 6.45) is 3.75. The van der Waals surface area contributed by atoms with E-state index >= 15 is 0 Å². The zero-order valence-electron chi connectivity index (χ0n) is 10.4. The van der Waals surface area contributed by atoms with Crippen LogP contribution in [0.1, 0.15) is 30.7 Å². The Bertz CT molecular complexity index is 615. The van der Waals surface area contributed by atoms with Crippen LogP contribution < -0.4 is 0 Å². The van der Waals surface area contributed by atoms with Crippen molar-refractivity contribution in [3.8, 4) is 11.8 Å². The van der Waals surface area contributed by atoms with Gasteiger partial charge >= 0.3 is 0 Å². The lowest BCUT2D eigenvalue weighted by molar-refractivity contribution is 0.494. The van der Waals surface area contributed by atoms with Gasteiger partial charge in [-0.15, -0.1) is 0 Å². The van der Waals surface area contributed by atoms with Crippen molar-refractivity contribution in [3.63, 3.8) is 0 Å². The fourth-order valence-electron chi connectivity index (χ4n) is 1.70. The first-order valence-corrected chi connectivity index (χ1v) is 5.94. The summed E-state index contributed by atoms with van der Waals surface area (Å²) in [5, 5.41) is 0. The molecule has 0 aliphatic rings. The average molecular weight is 258 g/mol. The molecule has 0 radical (unpaired) electrons. The van der Waals surface area contributed by atoms with Gasteiger partial charge in [0.2, 0.25) is 5.82 Å². The Labute approximate surface area is 110 Å². The van der Waals surface area contributed by atoms with Gasteiger partial charge in [-0.25, -0.2) is 18.7 Å². The van der Waals surface area contributed by atoms with Crippen LogP contribution in [0.25, 0.3) is 0 Å². The van der Waals surface area contributed by atoms with E-state index in [-0.39, 0.29) is 11.5 Å². The lowest BCUT2D eigenvalue weighted by atomic mass is 9.96. The van der Waals surface area contributed by atoms with Gasteiger partial charge in [-0.1, -0.05) is 25.0 Å². The standard InChI is InChI=1S/C15H12F2N2/c1-2-11(7-8-14-18-9-4-10-19-14)12-5-3-6-13(16)15(12)17/h3-6,9-11H,2H2,1H3. The second-order valence-corrected chi connectivity index (χ2v) is 3.95. The van der Waals surface area contributed by atoms with Crippen LogP contribution in [0, 0.1) is 23.5 Å². The zero-order chi connectivity index (χ0) is 13.7. The van der Waals surface area contributed by atoms with E-state index in [0.29, 0.717) is 12.2 Å². The molecule has 2 aromatic rings. The van der Waals surface area contributed by atoms with Crippen LogP contribution in [0.5, 0.6) is 0 Å². The number of rotatable bonds is 2. The van der Waals surface area contributed by atoms with Gasteiger partial charge in [0.05, 0.1) is 0 Å². The third-order valence-corrected chi connectivity index (χ3v) is 2.69. The van der Waals surface area contributed by atoms with E-state index in [1.54, 1.807) is 24.5 Å². The largest absolute Gasteiger partial charge is 0.229 e. The molecular weight excluding hydrogens is 246 g/mol. The molecule has 0 aliphatic carbocycles. The normalized spacial score (nSPS) is 11.5. The minimum absolute atomic E-state index is 0.269. The smallest absolute Gasteiger partial charge is 0.204 e. The Morgan fingerprint density at radius 2 is 1.89 bits per heavy atom. The Morgan fingerprint density at radius 1 is 1.16 bits per heavy atom. The van der Waals surface area contributed by atoms with E-state index in [4.69, 9.17) is 0 Å². The summed E-state index contributed by atoms with van der Waals surface area (Å²) < 4.78 is 26.9. The number of hydrogen-bond acceptors (Lipinski definition) is 2. The molecule has 0 N–H and O–H groups in total. The van der Waals surface area contributed by atoms with E-state index in [9.17, 15) is 8.78 Å². The van der Waals surface area contributed by atoms with Gasteiger partial charge in [-0.2, -0.15) is 0 Å². The first kappa shape index (κ1) is 13.2. The number of hydrogen-bond donors (Lipinski definition) is 0. The van der Waals surface area contributed by atoms with Crippen molar-refractivity contribution in [1.29, 1.82) is 0 Å². The lowest BCUT2D eigenvalue weighted by Gasteiger charge is -2.09. The van der Waals surface area contributed by atoms with E-state index in [1.165, 1.54) is 6.07 Å². The summed E-state index contributed by atoms with van der Waals surface area (Å²) in [7, 11) is 0. The Kier molecular flexibility index (Phi) is 4.19. The van der Waals surface area contributed by atoms with Crippen molar-refractivity contribution in [2.75, 3.05) is 0 Å². The molecule has 2 nitrogen and oxygen atoms in total. The third kappa shape index (κ3) is 3.14. The van der Waals surface area contributed by atoms with Gasteiger partial charge in [0.15, 0.2) is 11.6 Å². The van der Waals surface area contributed by atoms with Crippen LogP contribution in [0.2, 0.25) is 0 Å².